The van der Waals surface area contributed by atoms with Crippen molar-refractivity contribution in [2.75, 3.05) is 12.4 Å². The number of anilines is 1. The second kappa shape index (κ2) is 11.5. The van der Waals surface area contributed by atoms with Gasteiger partial charge in [-0.3, -0.25) is 14.5 Å². The van der Waals surface area contributed by atoms with Crippen molar-refractivity contribution < 1.29 is 32.3 Å². The van der Waals surface area contributed by atoms with Crippen LogP contribution in [0.1, 0.15) is 27.9 Å². The molecule has 0 saturated carbocycles. The molecule has 38 heavy (non-hydrogen) atoms. The van der Waals surface area contributed by atoms with Crippen LogP contribution in [0.5, 0.6) is 0 Å². The van der Waals surface area contributed by atoms with E-state index in [-0.39, 0.29) is 29.7 Å². The van der Waals surface area contributed by atoms with Gasteiger partial charge in [0.25, 0.3) is 0 Å². The predicted octanol–water partition coefficient (Wildman–Crippen LogP) is 5.65. The van der Waals surface area contributed by atoms with Gasteiger partial charge in [-0.05, 0) is 48.0 Å². The Balaban J connectivity index is 1.59. The number of ether oxygens (including phenoxy) is 1. The molecule has 11 heteroatoms. The first-order valence-electron chi connectivity index (χ1n) is 11.4. The summed E-state index contributed by atoms with van der Waals surface area (Å²) in [6.45, 7) is 0.147. The highest BCUT2D eigenvalue weighted by atomic mass is 32.2. The average Bonchev–Trinajstić information content (AvgIpc) is 2.90. The Morgan fingerprint density at radius 2 is 1.76 bits per heavy atom. The third kappa shape index (κ3) is 6.60. The Morgan fingerprint density at radius 1 is 1.05 bits per heavy atom. The van der Waals surface area contributed by atoms with Gasteiger partial charge in [-0.15, -0.1) is 0 Å². The molecule has 4 rings (SSSR count). The van der Waals surface area contributed by atoms with Crippen LogP contribution in [0.4, 0.5) is 24.5 Å². The minimum absolute atomic E-state index is 0.00708. The van der Waals surface area contributed by atoms with E-state index in [4.69, 9.17) is 0 Å². The molecule has 2 amide bonds. The van der Waals surface area contributed by atoms with Gasteiger partial charge in [0.15, 0.2) is 5.17 Å². The first-order valence-corrected chi connectivity index (χ1v) is 12.3. The van der Waals surface area contributed by atoms with Gasteiger partial charge in [-0.25, -0.2) is 9.79 Å². The van der Waals surface area contributed by atoms with E-state index in [1.54, 1.807) is 0 Å². The average molecular weight is 542 g/mol. The quantitative estimate of drug-likeness (QED) is 0.408. The molecule has 1 fully saturated rings. The first kappa shape index (κ1) is 26.9. The Hall–Kier alpha value is -4.12. The SMILES string of the molecule is COC(=O)c1ccc(NC(=O)C2CC(=O)N(Cc3ccccc3)C(=Nc3cccc(C(F)(F)F)c3)S2)cc1. The van der Waals surface area contributed by atoms with Crippen LogP contribution in [-0.2, 0) is 27.0 Å². The maximum atomic E-state index is 13.2. The van der Waals surface area contributed by atoms with Crippen LogP contribution in [0, 0.1) is 0 Å². The number of amidine groups is 1. The Labute approximate surface area is 220 Å². The van der Waals surface area contributed by atoms with E-state index in [0.717, 1.165) is 29.5 Å². The molecule has 1 unspecified atom stereocenters. The Kier molecular flexibility index (Phi) is 8.16. The number of carbonyl (C=O) groups excluding carboxylic acids is 3. The number of nitrogens with one attached hydrogen (secondary N) is 1. The third-order valence-electron chi connectivity index (χ3n) is 5.59. The van der Waals surface area contributed by atoms with Crippen LogP contribution in [-0.4, -0.2) is 40.2 Å². The number of aliphatic imine (C=N–C) groups is 1. The molecule has 3 aromatic rings. The van der Waals surface area contributed by atoms with Crippen LogP contribution in [0.25, 0.3) is 0 Å². The Morgan fingerprint density at radius 3 is 2.42 bits per heavy atom. The van der Waals surface area contributed by atoms with E-state index >= 15 is 0 Å². The molecular weight excluding hydrogens is 519 g/mol. The smallest absolute Gasteiger partial charge is 0.416 e. The number of amides is 2. The highest BCUT2D eigenvalue weighted by molar-refractivity contribution is 8.15. The van der Waals surface area contributed by atoms with E-state index in [1.807, 2.05) is 30.3 Å². The van der Waals surface area contributed by atoms with Crippen LogP contribution < -0.4 is 5.32 Å². The highest BCUT2D eigenvalue weighted by Gasteiger charge is 2.36. The zero-order valence-electron chi connectivity index (χ0n) is 20.1. The summed E-state index contributed by atoms with van der Waals surface area (Å²) in [5, 5.41) is 1.95. The number of thioether (sulfide) groups is 1. The fourth-order valence-electron chi connectivity index (χ4n) is 3.66. The monoisotopic (exact) mass is 541 g/mol. The number of nitrogens with zero attached hydrogens (tertiary/aromatic N) is 2. The summed E-state index contributed by atoms with van der Waals surface area (Å²) in [5.41, 5.74) is 0.642. The maximum absolute atomic E-state index is 13.2. The largest absolute Gasteiger partial charge is 0.465 e. The van der Waals surface area contributed by atoms with E-state index in [2.05, 4.69) is 15.0 Å². The molecule has 196 valence electrons. The number of benzene rings is 3. The van der Waals surface area contributed by atoms with E-state index in [9.17, 15) is 27.6 Å². The molecule has 0 aromatic heterocycles. The summed E-state index contributed by atoms with van der Waals surface area (Å²) < 4.78 is 44.4. The van der Waals surface area contributed by atoms with Crippen molar-refractivity contribution in [3.05, 3.63) is 95.6 Å². The molecule has 7 nitrogen and oxygen atoms in total. The van der Waals surface area contributed by atoms with Crippen molar-refractivity contribution in [2.24, 2.45) is 4.99 Å². The molecule has 1 aliphatic rings. The summed E-state index contributed by atoms with van der Waals surface area (Å²) in [6, 6.07) is 19.6. The van der Waals surface area contributed by atoms with Gasteiger partial charge in [0, 0.05) is 12.1 Å². The topological polar surface area (TPSA) is 88.1 Å². The molecule has 1 aliphatic heterocycles. The normalized spacial score (nSPS) is 16.8. The maximum Gasteiger partial charge on any atom is 0.416 e. The lowest BCUT2D eigenvalue weighted by Crippen LogP contribution is -2.44. The zero-order chi connectivity index (χ0) is 27.3. The number of halogens is 3. The molecule has 0 spiro atoms. The summed E-state index contributed by atoms with van der Waals surface area (Å²) in [7, 11) is 1.26. The molecular formula is C27H22F3N3O4S. The van der Waals surface area contributed by atoms with Gasteiger partial charge in [0.05, 0.1) is 30.5 Å². The minimum Gasteiger partial charge on any atom is -0.465 e. The van der Waals surface area contributed by atoms with Crippen LogP contribution in [0.15, 0.2) is 83.9 Å². The predicted molar refractivity (Wildman–Crippen MR) is 138 cm³/mol. The lowest BCUT2D eigenvalue weighted by Gasteiger charge is -2.32. The van der Waals surface area contributed by atoms with Crippen molar-refractivity contribution in [3.8, 4) is 0 Å². The summed E-state index contributed by atoms with van der Waals surface area (Å²) in [6.07, 6.45) is -4.69. The summed E-state index contributed by atoms with van der Waals surface area (Å²) in [5.74, 6) is -1.39. The number of carbonyl (C=O) groups is 3. The Bertz CT molecular complexity index is 1360. The number of hydrogen-bond acceptors (Lipinski definition) is 6. The van der Waals surface area contributed by atoms with Crippen LogP contribution in [0.2, 0.25) is 0 Å². The lowest BCUT2D eigenvalue weighted by molar-refractivity contribution is -0.137. The van der Waals surface area contributed by atoms with E-state index in [0.29, 0.717) is 11.3 Å². The van der Waals surface area contributed by atoms with Gasteiger partial charge < -0.3 is 10.1 Å². The van der Waals surface area contributed by atoms with Crippen molar-refractivity contribution in [1.82, 2.24) is 4.90 Å². The van der Waals surface area contributed by atoms with Crippen molar-refractivity contribution in [3.63, 3.8) is 0 Å². The minimum atomic E-state index is -4.55. The molecule has 0 radical (unpaired) electrons. The number of rotatable bonds is 6. The van der Waals surface area contributed by atoms with E-state index in [1.165, 1.54) is 48.4 Å². The number of esters is 1. The zero-order valence-corrected chi connectivity index (χ0v) is 20.9. The van der Waals surface area contributed by atoms with Crippen molar-refractivity contribution in [1.29, 1.82) is 0 Å². The van der Waals surface area contributed by atoms with Gasteiger partial charge in [-0.1, -0.05) is 48.2 Å². The molecule has 1 N–H and O–H groups in total. The van der Waals surface area contributed by atoms with Gasteiger partial charge in [-0.2, -0.15) is 13.2 Å². The highest BCUT2D eigenvalue weighted by Crippen LogP contribution is 2.34. The molecule has 0 aliphatic carbocycles. The standard InChI is InChI=1S/C27H22F3N3O4S/c1-37-25(36)18-10-12-20(13-11-18)31-24(35)22-15-23(34)33(16-17-6-3-2-4-7-17)26(38-22)32-21-9-5-8-19(14-21)27(28,29)30/h2-14,22H,15-16H2,1H3,(H,31,35). The lowest BCUT2D eigenvalue weighted by atomic mass is 10.2. The fourth-order valence-corrected chi connectivity index (χ4v) is 4.75. The van der Waals surface area contributed by atoms with Gasteiger partial charge in [0.2, 0.25) is 11.8 Å². The summed E-state index contributed by atoms with van der Waals surface area (Å²) >= 11 is 0.997. The molecule has 1 atom stereocenters. The molecule has 1 saturated heterocycles. The second-order valence-electron chi connectivity index (χ2n) is 8.28. The molecule has 1 heterocycles. The van der Waals surface area contributed by atoms with Crippen molar-refractivity contribution in [2.45, 2.75) is 24.4 Å². The summed E-state index contributed by atoms with van der Waals surface area (Å²) in [4.78, 5) is 43.6. The van der Waals surface area contributed by atoms with Crippen molar-refractivity contribution >= 4 is 46.1 Å². The number of alkyl halides is 3. The second-order valence-corrected chi connectivity index (χ2v) is 9.45. The molecule has 3 aromatic carbocycles. The van der Waals surface area contributed by atoms with Crippen LogP contribution in [0.3, 0.4) is 0 Å². The fraction of sp³-hybridized carbons (Fsp3) is 0.185. The third-order valence-corrected chi connectivity index (χ3v) is 6.78. The number of methoxy groups -OCH3 is 1. The van der Waals surface area contributed by atoms with Gasteiger partial charge in [0.1, 0.15) is 5.25 Å². The van der Waals surface area contributed by atoms with E-state index < -0.39 is 28.9 Å². The molecule has 0 bridgehead atoms. The van der Waals surface area contributed by atoms with Crippen LogP contribution >= 0.6 is 11.8 Å². The number of hydrogen-bond donors (Lipinski definition) is 1. The van der Waals surface area contributed by atoms with Gasteiger partial charge >= 0.3 is 12.1 Å². The first-order chi connectivity index (χ1) is 18.1.